The molecule has 0 bridgehead atoms. The van der Waals surface area contributed by atoms with E-state index in [1.54, 1.807) is 6.92 Å². The van der Waals surface area contributed by atoms with Gasteiger partial charge in [0.2, 0.25) is 0 Å². The number of nitrogens with zero attached hydrogens (tertiary/aromatic N) is 1. The Morgan fingerprint density at radius 2 is 2.31 bits per heavy atom. The van der Waals surface area contributed by atoms with E-state index in [9.17, 15) is 0 Å². The molecule has 2 rings (SSSR count). The first kappa shape index (κ1) is 11.1. The average Bonchev–Trinajstić information content (AvgIpc) is 2.19. The van der Waals surface area contributed by atoms with E-state index in [1.807, 2.05) is 6.92 Å². The van der Waals surface area contributed by atoms with Crippen LogP contribution in [0, 0.1) is 0 Å². The lowest BCUT2D eigenvalue weighted by atomic mass is 9.75. The van der Waals surface area contributed by atoms with Crippen molar-refractivity contribution in [3.05, 3.63) is 35.4 Å². The number of aliphatic hydroxyl groups is 1. The number of hydrogen-bond donors (Lipinski definition) is 1. The van der Waals surface area contributed by atoms with Gasteiger partial charge in [-0.2, -0.15) is 0 Å². The SMILES string of the molecule is C/C(=N/OC[C@H](C)O)[C@H]1Cc2ccccc21. The van der Waals surface area contributed by atoms with Crippen LogP contribution < -0.4 is 0 Å². The van der Waals surface area contributed by atoms with Gasteiger partial charge in [0.15, 0.2) is 0 Å². The zero-order valence-corrected chi connectivity index (χ0v) is 9.68. The van der Waals surface area contributed by atoms with Crippen molar-refractivity contribution in [1.29, 1.82) is 0 Å². The second-order valence-corrected chi connectivity index (χ2v) is 4.33. The van der Waals surface area contributed by atoms with Gasteiger partial charge in [-0.05, 0) is 31.4 Å². The molecule has 1 aliphatic carbocycles. The van der Waals surface area contributed by atoms with Crippen molar-refractivity contribution in [2.75, 3.05) is 6.61 Å². The minimum absolute atomic E-state index is 0.256. The second kappa shape index (κ2) is 4.66. The Balaban J connectivity index is 1.96. The van der Waals surface area contributed by atoms with Crippen molar-refractivity contribution in [3.8, 4) is 0 Å². The van der Waals surface area contributed by atoms with Gasteiger partial charge in [0, 0.05) is 5.92 Å². The maximum absolute atomic E-state index is 9.04. The summed E-state index contributed by atoms with van der Waals surface area (Å²) in [6, 6.07) is 8.40. The number of hydrogen-bond acceptors (Lipinski definition) is 3. The van der Waals surface area contributed by atoms with Gasteiger partial charge in [0.1, 0.15) is 6.61 Å². The van der Waals surface area contributed by atoms with E-state index in [1.165, 1.54) is 11.1 Å². The van der Waals surface area contributed by atoms with Crippen molar-refractivity contribution >= 4 is 5.71 Å². The van der Waals surface area contributed by atoms with Crippen LogP contribution in [0.15, 0.2) is 29.4 Å². The molecular formula is C13H17NO2. The lowest BCUT2D eigenvalue weighted by Crippen LogP contribution is -2.23. The summed E-state index contributed by atoms with van der Waals surface area (Å²) in [5, 5.41) is 13.1. The predicted molar refractivity (Wildman–Crippen MR) is 63.6 cm³/mol. The third kappa shape index (κ3) is 2.25. The van der Waals surface area contributed by atoms with E-state index >= 15 is 0 Å². The topological polar surface area (TPSA) is 41.8 Å². The van der Waals surface area contributed by atoms with E-state index in [0.29, 0.717) is 5.92 Å². The van der Waals surface area contributed by atoms with E-state index in [4.69, 9.17) is 9.94 Å². The molecular weight excluding hydrogens is 202 g/mol. The highest BCUT2D eigenvalue weighted by atomic mass is 16.6. The van der Waals surface area contributed by atoms with Gasteiger partial charge in [0.05, 0.1) is 11.8 Å². The van der Waals surface area contributed by atoms with Crippen LogP contribution >= 0.6 is 0 Å². The highest BCUT2D eigenvalue weighted by Gasteiger charge is 2.27. The molecule has 3 nitrogen and oxygen atoms in total. The minimum atomic E-state index is -0.467. The van der Waals surface area contributed by atoms with Gasteiger partial charge in [0.25, 0.3) is 0 Å². The van der Waals surface area contributed by atoms with Crippen molar-refractivity contribution in [2.24, 2.45) is 5.16 Å². The Morgan fingerprint density at radius 1 is 1.56 bits per heavy atom. The molecule has 0 radical (unpaired) electrons. The zero-order chi connectivity index (χ0) is 11.5. The molecule has 0 saturated heterocycles. The number of fused-ring (bicyclic) bond motifs is 1. The van der Waals surface area contributed by atoms with Crippen LogP contribution in [-0.4, -0.2) is 23.5 Å². The van der Waals surface area contributed by atoms with E-state index in [2.05, 4.69) is 29.4 Å². The Hall–Kier alpha value is -1.35. The molecule has 1 aliphatic rings. The molecule has 1 N–H and O–H groups in total. The Morgan fingerprint density at radius 3 is 3.00 bits per heavy atom. The third-order valence-electron chi connectivity index (χ3n) is 2.88. The van der Waals surface area contributed by atoms with E-state index < -0.39 is 6.10 Å². The second-order valence-electron chi connectivity index (χ2n) is 4.33. The lowest BCUT2D eigenvalue weighted by molar-refractivity contribution is 0.0494. The van der Waals surface area contributed by atoms with Crippen LogP contribution in [0.4, 0.5) is 0 Å². The van der Waals surface area contributed by atoms with Crippen LogP contribution in [0.5, 0.6) is 0 Å². The van der Waals surface area contributed by atoms with E-state index in [0.717, 1.165) is 12.1 Å². The molecule has 0 spiro atoms. The van der Waals surface area contributed by atoms with Crippen molar-refractivity contribution < 1.29 is 9.94 Å². The van der Waals surface area contributed by atoms with Crippen LogP contribution in [-0.2, 0) is 11.3 Å². The summed E-state index contributed by atoms with van der Waals surface area (Å²) in [4.78, 5) is 5.07. The molecule has 1 aromatic rings. The van der Waals surface area contributed by atoms with Gasteiger partial charge in [-0.15, -0.1) is 0 Å². The largest absolute Gasteiger partial charge is 0.393 e. The van der Waals surface area contributed by atoms with Gasteiger partial charge >= 0.3 is 0 Å². The highest BCUT2D eigenvalue weighted by molar-refractivity contribution is 5.91. The first-order valence-electron chi connectivity index (χ1n) is 5.61. The van der Waals surface area contributed by atoms with Crippen LogP contribution in [0.25, 0.3) is 0 Å². The standard InChI is InChI=1S/C13H17NO2/c1-9(15)8-16-14-10(2)13-7-11-5-3-4-6-12(11)13/h3-6,9,13,15H,7-8H2,1-2H3/b14-10-/t9-,13+/m0/s1. The molecule has 86 valence electrons. The summed E-state index contributed by atoms with van der Waals surface area (Å²) in [7, 11) is 0. The van der Waals surface area contributed by atoms with Crippen molar-refractivity contribution in [3.63, 3.8) is 0 Å². The normalized spacial score (nSPS) is 20.9. The minimum Gasteiger partial charge on any atom is -0.393 e. The first-order chi connectivity index (χ1) is 7.68. The molecule has 2 atom stereocenters. The molecule has 0 saturated carbocycles. The molecule has 1 aromatic carbocycles. The van der Waals surface area contributed by atoms with Crippen molar-refractivity contribution in [2.45, 2.75) is 32.3 Å². The molecule has 0 aliphatic heterocycles. The number of oxime groups is 1. The van der Waals surface area contributed by atoms with Gasteiger partial charge in [-0.3, -0.25) is 0 Å². The molecule has 0 unspecified atom stereocenters. The smallest absolute Gasteiger partial charge is 0.142 e. The Bertz CT molecular complexity index is 399. The average molecular weight is 219 g/mol. The monoisotopic (exact) mass is 219 g/mol. The Labute approximate surface area is 95.7 Å². The molecule has 3 heteroatoms. The fourth-order valence-corrected chi connectivity index (χ4v) is 1.94. The van der Waals surface area contributed by atoms with Crippen LogP contribution in [0.1, 0.15) is 30.9 Å². The number of benzene rings is 1. The Kier molecular flexibility index (Phi) is 3.25. The van der Waals surface area contributed by atoms with Crippen LogP contribution in [0.3, 0.4) is 0 Å². The fourth-order valence-electron chi connectivity index (χ4n) is 1.94. The predicted octanol–water partition coefficient (Wildman–Crippen LogP) is 2.10. The molecule has 0 amide bonds. The molecule has 16 heavy (non-hydrogen) atoms. The summed E-state index contributed by atoms with van der Waals surface area (Å²) < 4.78 is 0. The highest BCUT2D eigenvalue weighted by Crippen LogP contribution is 2.35. The number of aliphatic hydroxyl groups excluding tert-OH is 1. The van der Waals surface area contributed by atoms with Crippen molar-refractivity contribution in [1.82, 2.24) is 0 Å². The summed E-state index contributed by atoms with van der Waals surface area (Å²) in [5.41, 5.74) is 3.74. The van der Waals surface area contributed by atoms with Crippen LogP contribution in [0.2, 0.25) is 0 Å². The lowest BCUT2D eigenvalue weighted by Gasteiger charge is -2.29. The maximum Gasteiger partial charge on any atom is 0.142 e. The molecule has 0 fully saturated rings. The zero-order valence-electron chi connectivity index (χ0n) is 9.68. The first-order valence-corrected chi connectivity index (χ1v) is 5.61. The van der Waals surface area contributed by atoms with Gasteiger partial charge in [-0.1, -0.05) is 29.4 Å². The number of rotatable bonds is 4. The fraction of sp³-hybridized carbons (Fsp3) is 0.462. The summed E-state index contributed by atoms with van der Waals surface area (Å²) in [5.74, 6) is 0.394. The molecule has 0 heterocycles. The quantitative estimate of drug-likeness (QED) is 0.622. The summed E-state index contributed by atoms with van der Waals surface area (Å²) in [6.07, 6.45) is 0.578. The van der Waals surface area contributed by atoms with E-state index in [-0.39, 0.29) is 6.61 Å². The third-order valence-corrected chi connectivity index (χ3v) is 2.88. The summed E-state index contributed by atoms with van der Waals surface area (Å²) >= 11 is 0. The maximum atomic E-state index is 9.04. The van der Waals surface area contributed by atoms with Gasteiger partial charge in [-0.25, -0.2) is 0 Å². The van der Waals surface area contributed by atoms with Gasteiger partial charge < -0.3 is 9.94 Å². The summed E-state index contributed by atoms with van der Waals surface area (Å²) in [6.45, 7) is 3.91. The molecule has 0 aromatic heterocycles.